The lowest BCUT2D eigenvalue weighted by molar-refractivity contribution is -0.225. The summed E-state index contributed by atoms with van der Waals surface area (Å²) in [6.07, 6.45) is 6.71. The van der Waals surface area contributed by atoms with Crippen LogP contribution in [0, 0.1) is 29.6 Å². The first-order valence-electron chi connectivity index (χ1n) is 18.9. The van der Waals surface area contributed by atoms with Crippen LogP contribution in [-0.4, -0.2) is 83.2 Å². The van der Waals surface area contributed by atoms with E-state index in [1.165, 1.54) is 31.2 Å². The van der Waals surface area contributed by atoms with E-state index in [4.69, 9.17) is 25.9 Å². The minimum absolute atomic E-state index is 0.0162. The average Bonchev–Trinajstić information content (AvgIpc) is 3.44. The van der Waals surface area contributed by atoms with E-state index in [0.29, 0.717) is 47.2 Å². The van der Waals surface area contributed by atoms with Crippen LogP contribution in [-0.2, 0) is 34.3 Å². The highest BCUT2D eigenvalue weighted by molar-refractivity contribution is 6.33. The Balaban J connectivity index is 1.26. The summed E-state index contributed by atoms with van der Waals surface area (Å²) in [7, 11) is 1.68. The first-order valence-corrected chi connectivity index (χ1v) is 19.3. The van der Waals surface area contributed by atoms with E-state index in [9.17, 15) is 24.6 Å². The van der Waals surface area contributed by atoms with Crippen LogP contribution in [0.1, 0.15) is 98.0 Å². The maximum atomic E-state index is 14.2. The lowest BCUT2D eigenvalue weighted by Gasteiger charge is -2.56. The Morgan fingerprint density at radius 1 is 1.14 bits per heavy atom. The highest BCUT2D eigenvalue weighted by Crippen LogP contribution is 2.53. The number of nitrogens with zero attached hydrogens (tertiary/aromatic N) is 2. The number of benzene rings is 1. The second-order valence-corrected chi connectivity index (χ2v) is 16.4. The quantitative estimate of drug-likeness (QED) is 0.228. The van der Waals surface area contributed by atoms with Crippen molar-refractivity contribution in [1.82, 2.24) is 10.2 Å². The summed E-state index contributed by atoms with van der Waals surface area (Å²) in [6, 6.07) is 4.22. The fraction of sp³-hybridized carbons (Fsp3) is 0.718. The molecule has 1 amide bonds. The van der Waals surface area contributed by atoms with E-state index < -0.39 is 53.5 Å². The van der Waals surface area contributed by atoms with E-state index in [-0.39, 0.29) is 30.1 Å². The Morgan fingerprint density at radius 2 is 1.86 bits per heavy atom. The number of carbonyl (C=O) groups is 3. The van der Waals surface area contributed by atoms with E-state index in [2.05, 4.69) is 12.2 Å². The van der Waals surface area contributed by atoms with Crippen LogP contribution in [0.5, 0.6) is 0 Å². The highest BCUT2D eigenvalue weighted by atomic mass is 35.5. The Morgan fingerprint density at radius 3 is 2.55 bits per heavy atom. The second-order valence-electron chi connectivity index (χ2n) is 16.0. The van der Waals surface area contributed by atoms with Gasteiger partial charge in [0.2, 0.25) is 5.91 Å². The van der Waals surface area contributed by atoms with Crippen LogP contribution in [0.4, 0.5) is 5.69 Å². The standard InChI is InChI=1S/C39H56ClN3O8/c1-7-32(45)43(21-26-12-9-8-10-13-26)20-23(3)27-17-16-24(4)39(48)29(27)18-22(2)34(49-25(5)44)35(39)50-36(46)31-19-38(47)28-14-11-15-30(40)33(28)42(6)51-37(38)41-31/h11,14-15,18,23-24,26-27,29,31,34-35,37,41,47-48H,7-10,12-13,16-17,19-21H2,1-6H3/t23?,24-,27+,29-,31+,34-,35+,37-,38-,39-/m1/s1. The predicted molar refractivity (Wildman–Crippen MR) is 192 cm³/mol. The minimum atomic E-state index is -1.58. The first-order chi connectivity index (χ1) is 24.2. The lowest BCUT2D eigenvalue weighted by atomic mass is 9.55. The van der Waals surface area contributed by atoms with Crippen molar-refractivity contribution in [1.29, 1.82) is 0 Å². The molecule has 0 aromatic heterocycles. The van der Waals surface area contributed by atoms with Gasteiger partial charge in [-0.25, -0.2) is 0 Å². The van der Waals surface area contributed by atoms with Crippen molar-refractivity contribution >= 4 is 35.1 Å². The Labute approximate surface area is 306 Å². The molecule has 3 fully saturated rings. The number of aliphatic hydroxyl groups is 2. The number of hydrogen-bond donors (Lipinski definition) is 3. The number of fused-ring (bicyclic) bond motifs is 4. The molecule has 5 aliphatic rings. The van der Waals surface area contributed by atoms with Crippen molar-refractivity contribution in [2.24, 2.45) is 29.6 Å². The van der Waals surface area contributed by atoms with E-state index >= 15 is 0 Å². The molecular formula is C39H56ClN3O8. The zero-order valence-electron chi connectivity index (χ0n) is 30.9. The molecule has 1 aromatic carbocycles. The second kappa shape index (κ2) is 15.0. The topological polar surface area (TPSA) is 138 Å². The van der Waals surface area contributed by atoms with Crippen molar-refractivity contribution in [2.75, 3.05) is 25.2 Å². The fourth-order valence-electron chi connectivity index (χ4n) is 9.83. The summed E-state index contributed by atoms with van der Waals surface area (Å²) in [5.74, 6) is -1.26. The third-order valence-electron chi connectivity index (χ3n) is 12.6. The van der Waals surface area contributed by atoms with Gasteiger partial charge in [0, 0.05) is 51.4 Å². The summed E-state index contributed by atoms with van der Waals surface area (Å²) < 4.78 is 12.1. The number of rotatable bonds is 9. The molecule has 1 saturated heterocycles. The van der Waals surface area contributed by atoms with Gasteiger partial charge in [-0.1, -0.05) is 69.8 Å². The van der Waals surface area contributed by atoms with Gasteiger partial charge in [0.25, 0.3) is 0 Å². The van der Waals surface area contributed by atoms with Gasteiger partial charge < -0.3 is 24.6 Å². The Kier molecular flexibility index (Phi) is 11.2. The number of hydrogen-bond acceptors (Lipinski definition) is 10. The largest absolute Gasteiger partial charge is 0.454 e. The molecule has 282 valence electrons. The molecule has 1 unspecified atom stereocenters. The molecule has 12 heteroatoms. The van der Waals surface area contributed by atoms with Gasteiger partial charge >= 0.3 is 11.9 Å². The predicted octanol–water partition coefficient (Wildman–Crippen LogP) is 5.25. The normalized spacial score (nSPS) is 35.5. The van der Waals surface area contributed by atoms with E-state index in [0.717, 1.165) is 25.8 Å². The summed E-state index contributed by atoms with van der Waals surface area (Å²) >= 11 is 6.47. The number of halogens is 1. The van der Waals surface area contributed by atoms with Gasteiger partial charge in [-0.3, -0.25) is 29.6 Å². The van der Waals surface area contributed by atoms with Gasteiger partial charge in [0.05, 0.1) is 10.7 Å². The molecule has 1 aromatic rings. The molecule has 2 aliphatic heterocycles. The Hall–Kier alpha value is -2.70. The molecule has 0 radical (unpaired) electrons. The average molecular weight is 730 g/mol. The number of amides is 1. The number of nitrogens with one attached hydrogen (secondary N) is 1. The number of anilines is 1. The van der Waals surface area contributed by atoms with Crippen LogP contribution in [0.3, 0.4) is 0 Å². The van der Waals surface area contributed by atoms with Gasteiger partial charge in [0.1, 0.15) is 17.2 Å². The summed E-state index contributed by atoms with van der Waals surface area (Å²) in [4.78, 5) is 47.9. The van der Waals surface area contributed by atoms with Crippen LogP contribution in [0.25, 0.3) is 0 Å². The zero-order valence-corrected chi connectivity index (χ0v) is 31.7. The summed E-state index contributed by atoms with van der Waals surface area (Å²) in [5.41, 5.74) is -1.39. The highest BCUT2D eigenvalue weighted by Gasteiger charge is 2.62. The van der Waals surface area contributed by atoms with Crippen LogP contribution >= 0.6 is 11.6 Å². The van der Waals surface area contributed by atoms with Crippen molar-refractivity contribution in [3.05, 3.63) is 40.4 Å². The monoisotopic (exact) mass is 729 g/mol. The smallest absolute Gasteiger partial charge is 0.323 e. The van der Waals surface area contributed by atoms with Gasteiger partial charge in [-0.05, 0) is 67.9 Å². The van der Waals surface area contributed by atoms with Crippen molar-refractivity contribution in [2.45, 2.75) is 128 Å². The number of hydroxylamine groups is 1. The molecule has 10 atom stereocenters. The molecule has 3 N–H and O–H groups in total. The first kappa shape index (κ1) is 38.0. The third-order valence-corrected chi connectivity index (χ3v) is 12.9. The molecule has 11 nitrogen and oxygen atoms in total. The molecule has 2 saturated carbocycles. The zero-order chi connectivity index (χ0) is 36.8. The molecule has 3 aliphatic carbocycles. The third kappa shape index (κ3) is 7.05. The number of para-hydroxylation sites is 1. The molecule has 0 spiro atoms. The number of esters is 2. The number of ether oxygens (including phenoxy) is 2. The van der Waals surface area contributed by atoms with Crippen LogP contribution < -0.4 is 10.4 Å². The molecular weight excluding hydrogens is 674 g/mol. The number of carbonyl (C=O) groups excluding carboxylic acids is 3. The van der Waals surface area contributed by atoms with Gasteiger partial charge in [0.15, 0.2) is 18.4 Å². The maximum absolute atomic E-state index is 14.2. The molecule has 0 bridgehead atoms. The Bertz CT molecular complexity index is 1520. The van der Waals surface area contributed by atoms with Crippen LogP contribution in [0.15, 0.2) is 29.8 Å². The van der Waals surface area contributed by atoms with Gasteiger partial charge in [-0.15, -0.1) is 0 Å². The van der Waals surface area contributed by atoms with Gasteiger partial charge in [-0.2, -0.15) is 0 Å². The summed E-state index contributed by atoms with van der Waals surface area (Å²) in [5, 5.41) is 29.8. The minimum Gasteiger partial charge on any atom is -0.454 e. The lowest BCUT2D eigenvalue weighted by Crippen LogP contribution is -2.66. The molecule has 6 rings (SSSR count). The maximum Gasteiger partial charge on any atom is 0.323 e. The SMILES string of the molecule is CCC(=O)N(CC1CCCCC1)CC(C)[C@@H]1CC[C@@H](C)[C@@]2(O)[C@@H]1C=C(C)[C@@H](OC(C)=O)[C@@H]2OC(=O)[C@@H]1C[C@@]2(O)c3cccc(Cl)c3N(C)O[C@H]2N1. The van der Waals surface area contributed by atoms with Crippen molar-refractivity contribution in [3.8, 4) is 0 Å². The van der Waals surface area contributed by atoms with Crippen LogP contribution in [0.2, 0.25) is 5.02 Å². The van der Waals surface area contributed by atoms with E-state index in [1.54, 1.807) is 25.2 Å². The van der Waals surface area contributed by atoms with Crippen molar-refractivity contribution < 1.29 is 38.9 Å². The fourth-order valence-corrected chi connectivity index (χ4v) is 10.1. The van der Waals surface area contributed by atoms with Crippen molar-refractivity contribution in [3.63, 3.8) is 0 Å². The molecule has 2 heterocycles. The van der Waals surface area contributed by atoms with E-state index in [1.807, 2.05) is 31.7 Å². The molecule has 51 heavy (non-hydrogen) atoms. The summed E-state index contributed by atoms with van der Waals surface area (Å²) in [6.45, 7) is 10.5.